The van der Waals surface area contributed by atoms with Gasteiger partial charge in [-0.05, 0) is 108 Å². The summed E-state index contributed by atoms with van der Waals surface area (Å²) in [7, 11) is 0. The molecule has 4 aromatic heterocycles. The van der Waals surface area contributed by atoms with Crippen LogP contribution in [0.15, 0.2) is 150 Å². The van der Waals surface area contributed by atoms with Crippen molar-refractivity contribution in [3.05, 3.63) is 209 Å². The number of benzene rings is 5. The van der Waals surface area contributed by atoms with Crippen LogP contribution >= 0.6 is 0 Å². The number of aryl methyl sites for hydroxylation is 7. The molecule has 5 aromatic carbocycles. The van der Waals surface area contributed by atoms with Gasteiger partial charge in [0.1, 0.15) is 5.58 Å². The van der Waals surface area contributed by atoms with Crippen molar-refractivity contribution in [1.82, 2.24) is 15.0 Å². The van der Waals surface area contributed by atoms with E-state index in [1.165, 1.54) is 30.3 Å². The predicted octanol–water partition coefficient (Wildman–Crippen LogP) is 11.7. The molecule has 4 heterocycles. The molecule has 0 radical (unpaired) electrons. The maximum absolute atomic E-state index is 9.55. The Morgan fingerprint density at radius 3 is 1.88 bits per heavy atom. The zero-order valence-corrected chi connectivity index (χ0v) is 33.1. The third-order valence-electron chi connectivity index (χ3n) is 9.03. The molecule has 0 unspecified atom stereocenters. The van der Waals surface area contributed by atoms with Gasteiger partial charge in [-0.3, -0.25) is 0 Å². The van der Waals surface area contributed by atoms with Gasteiger partial charge < -0.3 is 19.4 Å². The molecule has 0 N–H and O–H groups in total. The molecule has 0 amide bonds. The average Bonchev–Trinajstić information content (AvgIpc) is 3.78. The molecule has 0 fully saturated rings. The number of hydrogen-bond donors (Lipinski definition) is 0. The quantitative estimate of drug-likeness (QED) is 0.114. The van der Waals surface area contributed by atoms with E-state index in [9.17, 15) is 21.7 Å². The van der Waals surface area contributed by atoms with E-state index in [1.54, 1.807) is 60.7 Å². The molecule has 0 aliphatic heterocycles. The molecule has 0 saturated carbocycles. The summed E-state index contributed by atoms with van der Waals surface area (Å²) in [6, 6.07) is 37.2. The van der Waals surface area contributed by atoms with Crippen LogP contribution in [0.1, 0.15) is 67.8 Å². The number of nitrogens with zero attached hydrogens (tertiary/aromatic N) is 4. The minimum Gasteiger partial charge on any atom is -0.501 e. The normalized spacial score (nSPS) is 17.0. The average molecular weight is 957 g/mol. The van der Waals surface area contributed by atoms with Crippen molar-refractivity contribution >= 4 is 21.9 Å². The van der Waals surface area contributed by atoms with Crippen LogP contribution in [0.4, 0.5) is 0 Å². The molecule has 0 aliphatic carbocycles. The minimum atomic E-state index is -3.41. The fourth-order valence-corrected chi connectivity index (χ4v) is 6.18. The summed E-state index contributed by atoms with van der Waals surface area (Å²) in [6.45, 7) is -3.04. The zero-order valence-electron chi connectivity index (χ0n) is 47.7. The van der Waals surface area contributed by atoms with Gasteiger partial charge in [0.2, 0.25) is 0 Å². The zero-order chi connectivity index (χ0) is 54.3. The van der Waals surface area contributed by atoms with Gasteiger partial charge >= 0.3 is 20.1 Å². The van der Waals surface area contributed by atoms with Crippen LogP contribution in [0.3, 0.4) is 0 Å². The molecule has 0 atom stereocenters. The molecule has 286 valence electrons. The minimum absolute atomic E-state index is 0. The fourth-order valence-electron chi connectivity index (χ4n) is 6.18. The van der Waals surface area contributed by atoms with Gasteiger partial charge in [0.05, 0.1) is 20.0 Å². The monoisotopic (exact) mass is 957 g/mol. The number of aromatic nitrogens is 3. The van der Waals surface area contributed by atoms with Crippen LogP contribution in [-0.4, -0.2) is 15.0 Å². The maximum atomic E-state index is 9.55. The van der Waals surface area contributed by atoms with Gasteiger partial charge in [0, 0.05) is 44.5 Å². The van der Waals surface area contributed by atoms with Crippen LogP contribution in [0.5, 0.6) is 0 Å². The summed E-state index contributed by atoms with van der Waals surface area (Å²) in [5.41, 5.74) is -2.35. The Hall–Kier alpha value is -6.51. The molecule has 9 rings (SSSR count). The third-order valence-corrected chi connectivity index (χ3v) is 9.03. The summed E-state index contributed by atoms with van der Waals surface area (Å²) in [5.74, 6) is 0. The van der Waals surface area contributed by atoms with E-state index in [4.69, 9.17) is 11.3 Å². The number of nitriles is 1. The van der Waals surface area contributed by atoms with Gasteiger partial charge in [0.25, 0.3) is 0 Å². The van der Waals surface area contributed by atoms with Crippen LogP contribution in [0.25, 0.3) is 55.7 Å². The first-order chi connectivity index (χ1) is 35.1. The summed E-state index contributed by atoms with van der Waals surface area (Å²) >= 11 is 0. The number of pyridine rings is 3. The van der Waals surface area contributed by atoms with E-state index in [-0.39, 0.29) is 77.0 Å². The first-order valence-corrected chi connectivity index (χ1v) is 18.0. The van der Waals surface area contributed by atoms with Crippen molar-refractivity contribution < 1.29 is 47.8 Å². The van der Waals surface area contributed by atoms with E-state index in [0.717, 1.165) is 42.9 Å². The largest absolute Gasteiger partial charge is 3.00 e. The Labute approximate surface area is 382 Å². The van der Waals surface area contributed by atoms with Crippen molar-refractivity contribution in [2.45, 2.75) is 45.1 Å². The SMILES string of the molecule is [2H]c1cc2c(oc3c(-c4ccc(C([2H])([2H])C([2H])([2H])c5cc(C([2H])([2H])C([2H])([2H])c6ccc(-c7[c-]cccc7)nc6)cc(C([2H])([2H])C([2H])([2H])c6cnc(-c7[c-]cccc7)cc6C([2H])([2H])[2H])c5)cn4)[c-]ccc32)c([2H])c1C#N.[Ir+3]. The molecule has 0 saturated heterocycles. The Balaban J connectivity index is 0.00000765. The van der Waals surface area contributed by atoms with Crippen molar-refractivity contribution in [1.29, 1.82) is 5.26 Å². The maximum Gasteiger partial charge on any atom is 3.00 e. The molecule has 59 heavy (non-hydrogen) atoms. The van der Waals surface area contributed by atoms with E-state index < -0.39 is 72.9 Å². The predicted molar refractivity (Wildman–Crippen MR) is 231 cm³/mol. The molecular formula is C53H39IrN4O. The Kier molecular flexibility index (Phi) is 7.24. The van der Waals surface area contributed by atoms with Crippen LogP contribution in [-0.2, 0) is 58.3 Å². The van der Waals surface area contributed by atoms with Crippen molar-refractivity contribution in [2.75, 3.05) is 0 Å². The van der Waals surface area contributed by atoms with Crippen LogP contribution < -0.4 is 0 Å². The van der Waals surface area contributed by atoms with Gasteiger partial charge in [0.15, 0.2) is 0 Å². The van der Waals surface area contributed by atoms with Crippen molar-refractivity contribution in [3.8, 4) is 39.8 Å². The van der Waals surface area contributed by atoms with Gasteiger partial charge in [-0.25, -0.2) is 0 Å². The molecule has 0 bridgehead atoms. The second-order valence-corrected chi connectivity index (χ2v) is 12.9. The number of rotatable bonds is 12. The second-order valence-electron chi connectivity index (χ2n) is 12.9. The first kappa shape index (κ1) is 23.8. The molecule has 5 nitrogen and oxygen atoms in total. The summed E-state index contributed by atoms with van der Waals surface area (Å²) < 4.78 is 161. The number of furan rings is 1. The Morgan fingerprint density at radius 2 is 1.27 bits per heavy atom. The van der Waals surface area contributed by atoms with E-state index in [1.807, 2.05) is 6.07 Å². The van der Waals surface area contributed by atoms with Crippen LogP contribution in [0, 0.1) is 36.4 Å². The van der Waals surface area contributed by atoms with Crippen LogP contribution in [0.2, 0.25) is 0 Å². The number of fused-ring (bicyclic) bond motifs is 3. The van der Waals surface area contributed by atoms with E-state index >= 15 is 0 Å². The Morgan fingerprint density at radius 1 is 0.644 bits per heavy atom. The first-order valence-electron chi connectivity index (χ1n) is 26.5. The van der Waals surface area contributed by atoms with Gasteiger partial charge in [-0.1, -0.05) is 71.1 Å². The summed E-state index contributed by atoms with van der Waals surface area (Å²) in [6.07, 6.45) is -16.4. The standard InChI is InChI=1S/C53H39N4O.Ir/c1-36-27-51(44-11-6-3-7-12-44)57-35-45(36)23-19-41-29-39(17-15-37-21-25-49(55-33-37)43-9-4-2-5-10-43)28-40(30-41)18-16-38-22-26-50(56-34-38)48-14-8-13-47-46-24-20-42(32-54)31-52(46)58-53(47)48;/h2-9,11,13,20-22,24-31,33-35H,15-19,23H2,1H3;/q-3;+3/i1D3,15D2,16D2,17D2,18D2,19D2,20D,23D2,31D;. The summed E-state index contributed by atoms with van der Waals surface area (Å²) in [5, 5.41) is 10.4. The van der Waals surface area contributed by atoms with Gasteiger partial charge in [-0.2, -0.15) is 5.26 Å². The molecule has 9 aromatic rings. The summed E-state index contributed by atoms with van der Waals surface area (Å²) in [4.78, 5) is 13.0. The third kappa shape index (κ3) is 8.98. The number of hydrogen-bond acceptors (Lipinski definition) is 5. The smallest absolute Gasteiger partial charge is 0.501 e. The Bertz CT molecular complexity index is 3700. The van der Waals surface area contributed by atoms with E-state index in [2.05, 4.69) is 33.2 Å². The topological polar surface area (TPSA) is 75.6 Å². The van der Waals surface area contributed by atoms with Gasteiger partial charge in [-0.15, -0.1) is 90.0 Å². The second kappa shape index (κ2) is 18.0. The molecule has 0 spiro atoms. The molecule has 6 heteroatoms. The van der Waals surface area contributed by atoms with Crippen molar-refractivity contribution in [3.63, 3.8) is 0 Å². The fraction of sp³-hybridized carbons (Fsp3) is 0.132. The molecule has 0 aliphatic rings. The molecular weight excluding hydrogens is 901 g/mol. The van der Waals surface area contributed by atoms with E-state index in [0.29, 0.717) is 27.6 Å². The van der Waals surface area contributed by atoms with Crippen molar-refractivity contribution in [2.24, 2.45) is 0 Å².